The maximum absolute atomic E-state index is 5.60. The second-order valence-electron chi connectivity index (χ2n) is 5.51. The molecule has 23 heavy (non-hydrogen) atoms. The van der Waals surface area contributed by atoms with E-state index in [0.717, 1.165) is 30.8 Å². The lowest BCUT2D eigenvalue weighted by molar-refractivity contribution is 0.466. The third-order valence-corrected chi connectivity index (χ3v) is 6.26. The molecule has 0 radical (unpaired) electrons. The first kappa shape index (κ1) is 16.0. The minimum atomic E-state index is -0.319. The normalized spacial score (nSPS) is 11.0. The van der Waals surface area contributed by atoms with Crippen molar-refractivity contribution in [1.82, 2.24) is 5.32 Å². The molecule has 0 saturated carbocycles. The molecular weight excluding hydrogens is 301 g/mol. The van der Waals surface area contributed by atoms with Crippen LogP contribution in [0.2, 0.25) is 0 Å². The van der Waals surface area contributed by atoms with Crippen molar-refractivity contribution in [2.45, 2.75) is 13.5 Å². The molecule has 0 aliphatic heterocycles. The first-order valence-electron chi connectivity index (χ1n) is 7.96. The fraction of sp³-hybridized carbons (Fsp3) is 0.200. The van der Waals surface area contributed by atoms with Crippen molar-refractivity contribution in [3.63, 3.8) is 0 Å². The van der Waals surface area contributed by atoms with Gasteiger partial charge in [-0.3, -0.25) is 0 Å². The van der Waals surface area contributed by atoms with Crippen molar-refractivity contribution in [3.05, 3.63) is 84.3 Å². The number of benzene rings is 2. The van der Waals surface area contributed by atoms with Gasteiger partial charge in [0.1, 0.15) is 11.5 Å². The SMILES string of the molecule is Cc1ccc(CNCCP(c2ccccc2)c2ccccc2)o1. The van der Waals surface area contributed by atoms with Crippen LogP contribution in [0.1, 0.15) is 11.5 Å². The average molecular weight is 323 g/mol. The molecule has 3 heteroatoms. The maximum atomic E-state index is 5.60. The Hall–Kier alpha value is -1.89. The summed E-state index contributed by atoms with van der Waals surface area (Å²) in [5, 5.41) is 6.38. The molecule has 1 N–H and O–H groups in total. The molecule has 0 aliphatic rings. The molecule has 0 spiro atoms. The predicted octanol–water partition coefficient (Wildman–Crippen LogP) is 3.81. The van der Waals surface area contributed by atoms with Crippen LogP contribution in [-0.2, 0) is 6.54 Å². The highest BCUT2D eigenvalue weighted by molar-refractivity contribution is 7.73. The standard InChI is InChI=1S/C20H22NOP/c1-17-12-13-18(22-17)16-21-14-15-23(19-8-4-2-5-9-19)20-10-6-3-7-11-20/h2-13,21H,14-16H2,1H3. The lowest BCUT2D eigenvalue weighted by Gasteiger charge is -2.18. The number of nitrogens with one attached hydrogen (secondary N) is 1. The summed E-state index contributed by atoms with van der Waals surface area (Å²) in [7, 11) is -0.319. The number of rotatable bonds is 7. The van der Waals surface area contributed by atoms with E-state index >= 15 is 0 Å². The lowest BCUT2D eigenvalue weighted by Crippen LogP contribution is -2.22. The van der Waals surface area contributed by atoms with Crippen LogP contribution in [0.15, 0.2) is 77.2 Å². The van der Waals surface area contributed by atoms with E-state index in [9.17, 15) is 0 Å². The smallest absolute Gasteiger partial charge is 0.117 e. The van der Waals surface area contributed by atoms with Crippen LogP contribution in [-0.4, -0.2) is 12.7 Å². The van der Waals surface area contributed by atoms with Gasteiger partial charge in [0, 0.05) is 6.54 Å². The van der Waals surface area contributed by atoms with E-state index in [1.54, 1.807) is 0 Å². The second kappa shape index (κ2) is 8.10. The molecule has 0 aliphatic carbocycles. The van der Waals surface area contributed by atoms with Crippen LogP contribution in [0, 0.1) is 6.92 Å². The minimum absolute atomic E-state index is 0.319. The van der Waals surface area contributed by atoms with E-state index in [0.29, 0.717) is 0 Å². The van der Waals surface area contributed by atoms with Gasteiger partial charge >= 0.3 is 0 Å². The highest BCUT2D eigenvalue weighted by Crippen LogP contribution is 2.32. The summed E-state index contributed by atoms with van der Waals surface area (Å²) >= 11 is 0. The summed E-state index contributed by atoms with van der Waals surface area (Å²) in [6, 6.07) is 25.7. The second-order valence-corrected chi connectivity index (χ2v) is 7.85. The largest absolute Gasteiger partial charge is 0.465 e. The highest BCUT2D eigenvalue weighted by atomic mass is 31.1. The summed E-state index contributed by atoms with van der Waals surface area (Å²) < 4.78 is 5.60. The summed E-state index contributed by atoms with van der Waals surface area (Å²) in [4.78, 5) is 0. The van der Waals surface area contributed by atoms with Crippen molar-refractivity contribution in [3.8, 4) is 0 Å². The molecule has 1 heterocycles. The zero-order chi connectivity index (χ0) is 15.9. The number of aryl methyl sites for hydroxylation is 1. The van der Waals surface area contributed by atoms with Gasteiger partial charge in [-0.05, 0) is 43.7 Å². The molecule has 3 aromatic rings. The van der Waals surface area contributed by atoms with E-state index in [4.69, 9.17) is 4.42 Å². The quantitative estimate of drug-likeness (QED) is 0.528. The van der Waals surface area contributed by atoms with Gasteiger partial charge in [0.25, 0.3) is 0 Å². The van der Waals surface area contributed by atoms with Crippen molar-refractivity contribution in [1.29, 1.82) is 0 Å². The van der Waals surface area contributed by atoms with Crippen LogP contribution < -0.4 is 15.9 Å². The number of furan rings is 1. The van der Waals surface area contributed by atoms with Crippen molar-refractivity contribution >= 4 is 18.5 Å². The Morgan fingerprint density at radius 2 is 1.43 bits per heavy atom. The highest BCUT2D eigenvalue weighted by Gasteiger charge is 2.12. The molecule has 0 bridgehead atoms. The Morgan fingerprint density at radius 3 is 1.96 bits per heavy atom. The Balaban J connectivity index is 1.63. The maximum Gasteiger partial charge on any atom is 0.117 e. The Bertz CT molecular complexity index is 669. The molecule has 118 valence electrons. The van der Waals surface area contributed by atoms with E-state index in [2.05, 4.69) is 66.0 Å². The summed E-state index contributed by atoms with van der Waals surface area (Å²) in [6.45, 7) is 3.75. The number of hydrogen-bond acceptors (Lipinski definition) is 2. The monoisotopic (exact) mass is 323 g/mol. The summed E-state index contributed by atoms with van der Waals surface area (Å²) in [6.07, 6.45) is 1.13. The molecule has 0 saturated heterocycles. The van der Waals surface area contributed by atoms with Gasteiger partial charge in [-0.15, -0.1) is 0 Å². The minimum Gasteiger partial charge on any atom is -0.465 e. The van der Waals surface area contributed by atoms with Crippen LogP contribution in [0.4, 0.5) is 0 Å². The molecule has 2 aromatic carbocycles. The van der Waals surface area contributed by atoms with Crippen LogP contribution >= 0.6 is 7.92 Å². The molecule has 0 fully saturated rings. The van der Waals surface area contributed by atoms with E-state index in [1.165, 1.54) is 10.6 Å². The van der Waals surface area contributed by atoms with Crippen molar-refractivity contribution in [2.75, 3.05) is 12.7 Å². The zero-order valence-electron chi connectivity index (χ0n) is 13.4. The number of hydrogen-bond donors (Lipinski definition) is 1. The van der Waals surface area contributed by atoms with Gasteiger partial charge in [0.05, 0.1) is 6.54 Å². The van der Waals surface area contributed by atoms with Gasteiger partial charge in [-0.25, -0.2) is 0 Å². The molecule has 0 amide bonds. The van der Waals surface area contributed by atoms with E-state index in [1.807, 2.05) is 19.1 Å². The topological polar surface area (TPSA) is 25.2 Å². The zero-order valence-corrected chi connectivity index (χ0v) is 14.3. The Morgan fingerprint density at radius 1 is 0.826 bits per heavy atom. The lowest BCUT2D eigenvalue weighted by atomic mass is 10.4. The van der Waals surface area contributed by atoms with E-state index in [-0.39, 0.29) is 7.92 Å². The molecule has 2 nitrogen and oxygen atoms in total. The average Bonchev–Trinajstić information content (AvgIpc) is 3.02. The molecule has 0 unspecified atom stereocenters. The van der Waals surface area contributed by atoms with Crippen LogP contribution in [0.5, 0.6) is 0 Å². The van der Waals surface area contributed by atoms with Gasteiger partial charge in [-0.1, -0.05) is 60.7 Å². The predicted molar refractivity (Wildman–Crippen MR) is 99.1 cm³/mol. The van der Waals surface area contributed by atoms with Crippen LogP contribution in [0.3, 0.4) is 0 Å². The molecule has 1 aromatic heterocycles. The summed E-state index contributed by atoms with van der Waals surface area (Å²) in [5.74, 6) is 1.98. The van der Waals surface area contributed by atoms with Gasteiger partial charge in [-0.2, -0.15) is 0 Å². The fourth-order valence-electron chi connectivity index (χ4n) is 2.61. The first-order chi connectivity index (χ1) is 11.3. The summed E-state index contributed by atoms with van der Waals surface area (Å²) in [5.41, 5.74) is 0. The fourth-order valence-corrected chi connectivity index (χ4v) is 4.87. The van der Waals surface area contributed by atoms with E-state index < -0.39 is 0 Å². The van der Waals surface area contributed by atoms with Gasteiger partial charge in [0.15, 0.2) is 0 Å². The third-order valence-electron chi connectivity index (χ3n) is 3.74. The van der Waals surface area contributed by atoms with Gasteiger partial charge < -0.3 is 9.73 Å². The van der Waals surface area contributed by atoms with Crippen molar-refractivity contribution in [2.24, 2.45) is 0 Å². The Kier molecular flexibility index (Phi) is 5.63. The van der Waals surface area contributed by atoms with Crippen molar-refractivity contribution < 1.29 is 4.42 Å². The molecular formula is C20H22NOP. The molecule has 3 rings (SSSR count). The van der Waals surface area contributed by atoms with Gasteiger partial charge in [0.2, 0.25) is 0 Å². The first-order valence-corrected chi connectivity index (χ1v) is 9.49. The van der Waals surface area contributed by atoms with Crippen LogP contribution in [0.25, 0.3) is 0 Å². The third kappa shape index (κ3) is 4.54. The molecule has 0 atom stereocenters. The Labute approximate surface area is 139 Å².